The summed E-state index contributed by atoms with van der Waals surface area (Å²) in [6, 6.07) is 2.87. The first kappa shape index (κ1) is 14.7. The predicted molar refractivity (Wildman–Crippen MR) is 73.7 cm³/mol. The Labute approximate surface area is 124 Å². The third-order valence-electron chi connectivity index (χ3n) is 3.40. The highest BCUT2D eigenvalue weighted by molar-refractivity contribution is 5.81. The van der Waals surface area contributed by atoms with E-state index in [-0.39, 0.29) is 17.0 Å². The van der Waals surface area contributed by atoms with Crippen LogP contribution >= 0.6 is 0 Å². The number of H-pyrrole nitrogens is 1. The molecule has 6 nitrogen and oxygen atoms in total. The van der Waals surface area contributed by atoms with Crippen molar-refractivity contribution in [1.82, 2.24) is 9.97 Å². The number of hydrogen-bond donors (Lipinski definition) is 1. The molecule has 118 valence electrons. The monoisotopic (exact) mass is 312 g/mol. The Morgan fingerprint density at radius 3 is 2.86 bits per heavy atom. The highest BCUT2D eigenvalue weighted by atomic mass is 19.3. The maximum absolute atomic E-state index is 12.7. The molecule has 8 heteroatoms. The van der Waals surface area contributed by atoms with Gasteiger partial charge in [0.25, 0.3) is 12.0 Å². The Bertz CT molecular complexity index is 741. The molecule has 0 radical (unpaired) electrons. The Kier molecular flexibility index (Phi) is 3.93. The molecular formula is C14H14F2N2O4. The van der Waals surface area contributed by atoms with Gasteiger partial charge in [-0.1, -0.05) is 0 Å². The minimum Gasteiger partial charge on any atom is -0.493 e. The summed E-state index contributed by atoms with van der Waals surface area (Å²) in [6.07, 6.45) is -2.24. The zero-order chi connectivity index (χ0) is 15.7. The topological polar surface area (TPSA) is 73.4 Å². The minimum absolute atomic E-state index is 0.126. The molecular weight excluding hydrogens is 298 g/mol. The van der Waals surface area contributed by atoms with Crippen LogP contribution in [0, 0.1) is 0 Å². The van der Waals surface area contributed by atoms with Crippen molar-refractivity contribution < 1.29 is 23.0 Å². The van der Waals surface area contributed by atoms with Gasteiger partial charge >= 0.3 is 0 Å². The van der Waals surface area contributed by atoms with Crippen LogP contribution in [-0.4, -0.2) is 36.4 Å². The van der Waals surface area contributed by atoms with Crippen LogP contribution < -0.4 is 15.0 Å². The van der Waals surface area contributed by atoms with Gasteiger partial charge in [-0.05, 0) is 6.07 Å². The maximum Gasteiger partial charge on any atom is 0.295 e. The van der Waals surface area contributed by atoms with Crippen molar-refractivity contribution >= 4 is 10.9 Å². The zero-order valence-electron chi connectivity index (χ0n) is 11.8. The van der Waals surface area contributed by atoms with Crippen molar-refractivity contribution in [2.45, 2.75) is 19.0 Å². The molecule has 1 aliphatic heterocycles. The van der Waals surface area contributed by atoms with E-state index in [2.05, 4.69) is 9.97 Å². The van der Waals surface area contributed by atoms with Gasteiger partial charge < -0.3 is 19.2 Å². The fourth-order valence-electron chi connectivity index (χ4n) is 2.31. The van der Waals surface area contributed by atoms with Gasteiger partial charge in [0.05, 0.1) is 31.2 Å². The highest BCUT2D eigenvalue weighted by Crippen LogP contribution is 2.32. The van der Waals surface area contributed by atoms with Gasteiger partial charge in [-0.25, -0.2) is 13.8 Å². The molecule has 1 atom stereocenters. The molecule has 0 spiro atoms. The van der Waals surface area contributed by atoms with E-state index >= 15 is 0 Å². The summed E-state index contributed by atoms with van der Waals surface area (Å²) in [5.74, 6) is 0.0257. The van der Waals surface area contributed by atoms with Crippen LogP contribution in [0.25, 0.3) is 10.9 Å². The second-order valence-corrected chi connectivity index (χ2v) is 4.88. The third kappa shape index (κ3) is 2.74. The zero-order valence-corrected chi connectivity index (χ0v) is 11.8. The van der Waals surface area contributed by atoms with Crippen molar-refractivity contribution in [1.29, 1.82) is 0 Å². The number of nitrogens with zero attached hydrogens (tertiary/aromatic N) is 1. The SMILES string of the molecule is COc1cc2nc(C(F)F)[nH]c(=O)c2cc1O[C@H]1CCOC1. The van der Waals surface area contributed by atoms with Crippen molar-refractivity contribution in [3.63, 3.8) is 0 Å². The Morgan fingerprint density at radius 1 is 1.41 bits per heavy atom. The number of methoxy groups -OCH3 is 1. The van der Waals surface area contributed by atoms with E-state index in [0.29, 0.717) is 24.7 Å². The number of aromatic amines is 1. The van der Waals surface area contributed by atoms with Crippen LogP contribution in [0.5, 0.6) is 11.5 Å². The molecule has 1 saturated heterocycles. The standard InChI is InChI=1S/C14H14F2N2O4/c1-20-10-5-9-8(14(19)18-13(17-9)12(15)16)4-11(10)22-7-2-3-21-6-7/h4-5,7,12H,2-3,6H2,1H3,(H,17,18,19)/t7-/m0/s1. The minimum atomic E-state index is -2.85. The number of alkyl halides is 2. The number of ether oxygens (including phenoxy) is 3. The molecule has 0 saturated carbocycles. The van der Waals surface area contributed by atoms with Crippen molar-refractivity contribution in [3.05, 3.63) is 28.3 Å². The summed E-state index contributed by atoms with van der Waals surface area (Å²) >= 11 is 0. The second kappa shape index (κ2) is 5.88. The van der Waals surface area contributed by atoms with Gasteiger partial charge in [0.1, 0.15) is 6.10 Å². The maximum atomic E-state index is 12.7. The largest absolute Gasteiger partial charge is 0.493 e. The average molecular weight is 312 g/mol. The fourth-order valence-corrected chi connectivity index (χ4v) is 2.31. The van der Waals surface area contributed by atoms with E-state index in [1.165, 1.54) is 19.2 Å². The van der Waals surface area contributed by atoms with E-state index in [1.54, 1.807) is 0 Å². The normalized spacial score (nSPS) is 18.1. The molecule has 0 bridgehead atoms. The molecule has 22 heavy (non-hydrogen) atoms. The number of halogens is 2. The Morgan fingerprint density at radius 2 is 2.23 bits per heavy atom. The molecule has 0 aliphatic carbocycles. The number of hydrogen-bond acceptors (Lipinski definition) is 5. The third-order valence-corrected chi connectivity index (χ3v) is 3.40. The Balaban J connectivity index is 2.07. The first-order valence-electron chi connectivity index (χ1n) is 6.73. The van der Waals surface area contributed by atoms with Crippen LogP contribution in [-0.2, 0) is 4.74 Å². The van der Waals surface area contributed by atoms with Gasteiger partial charge in [0, 0.05) is 12.5 Å². The second-order valence-electron chi connectivity index (χ2n) is 4.88. The average Bonchev–Trinajstić information content (AvgIpc) is 3.00. The van der Waals surface area contributed by atoms with Gasteiger partial charge in [0.15, 0.2) is 17.3 Å². The first-order chi connectivity index (χ1) is 10.6. The first-order valence-corrected chi connectivity index (χ1v) is 6.73. The van der Waals surface area contributed by atoms with Crippen molar-refractivity contribution in [3.8, 4) is 11.5 Å². The van der Waals surface area contributed by atoms with Gasteiger partial charge in [0.2, 0.25) is 0 Å². The number of rotatable bonds is 4. The van der Waals surface area contributed by atoms with E-state index in [4.69, 9.17) is 14.2 Å². The lowest BCUT2D eigenvalue weighted by Gasteiger charge is -2.15. The van der Waals surface area contributed by atoms with E-state index in [0.717, 1.165) is 6.42 Å². The molecule has 1 aliphatic rings. The Hall–Kier alpha value is -2.22. The molecule has 1 aromatic heterocycles. The molecule has 3 rings (SSSR count). The molecule has 2 heterocycles. The summed E-state index contributed by atoms with van der Waals surface area (Å²) in [6.45, 7) is 1.07. The van der Waals surface area contributed by atoms with Crippen LogP contribution in [0.15, 0.2) is 16.9 Å². The lowest BCUT2D eigenvalue weighted by molar-refractivity contribution is 0.138. The fraction of sp³-hybridized carbons (Fsp3) is 0.429. The molecule has 1 N–H and O–H groups in total. The molecule has 2 aromatic rings. The summed E-state index contributed by atoms with van der Waals surface area (Å²) in [5, 5.41) is 0.166. The van der Waals surface area contributed by atoms with Crippen LogP contribution in [0.4, 0.5) is 8.78 Å². The molecule has 0 unspecified atom stereocenters. The van der Waals surface area contributed by atoms with Crippen molar-refractivity contribution in [2.75, 3.05) is 20.3 Å². The van der Waals surface area contributed by atoms with Gasteiger partial charge in [-0.15, -0.1) is 0 Å². The molecule has 1 fully saturated rings. The van der Waals surface area contributed by atoms with Crippen LogP contribution in [0.2, 0.25) is 0 Å². The van der Waals surface area contributed by atoms with Gasteiger partial charge in [-0.2, -0.15) is 0 Å². The quantitative estimate of drug-likeness (QED) is 0.935. The summed E-state index contributed by atoms with van der Waals surface area (Å²) < 4.78 is 41.6. The van der Waals surface area contributed by atoms with E-state index in [9.17, 15) is 13.6 Å². The van der Waals surface area contributed by atoms with Gasteiger partial charge in [-0.3, -0.25) is 4.79 Å². The summed E-state index contributed by atoms with van der Waals surface area (Å²) in [7, 11) is 1.43. The van der Waals surface area contributed by atoms with Crippen molar-refractivity contribution in [2.24, 2.45) is 0 Å². The highest BCUT2D eigenvalue weighted by Gasteiger charge is 2.21. The van der Waals surface area contributed by atoms with Crippen LogP contribution in [0.1, 0.15) is 18.7 Å². The molecule has 1 aromatic carbocycles. The lowest BCUT2D eigenvalue weighted by atomic mass is 10.2. The molecule has 0 amide bonds. The van der Waals surface area contributed by atoms with Crippen LogP contribution in [0.3, 0.4) is 0 Å². The summed E-state index contributed by atoms with van der Waals surface area (Å²) in [5.41, 5.74) is -0.513. The number of benzene rings is 1. The van der Waals surface area contributed by atoms with E-state index in [1.807, 2.05) is 0 Å². The number of fused-ring (bicyclic) bond motifs is 1. The lowest BCUT2D eigenvalue weighted by Crippen LogP contribution is -2.17. The number of nitrogens with one attached hydrogen (secondary N) is 1. The van der Waals surface area contributed by atoms with E-state index < -0.39 is 17.8 Å². The predicted octanol–water partition coefficient (Wildman–Crippen LogP) is 2.04. The number of aromatic nitrogens is 2. The smallest absolute Gasteiger partial charge is 0.295 e. The summed E-state index contributed by atoms with van der Waals surface area (Å²) in [4.78, 5) is 17.8.